The van der Waals surface area contributed by atoms with Gasteiger partial charge in [-0.3, -0.25) is 19.4 Å². The summed E-state index contributed by atoms with van der Waals surface area (Å²) in [5.41, 5.74) is 1.18. The van der Waals surface area contributed by atoms with E-state index in [1.807, 2.05) is 30.0 Å². The number of urea groups is 1. The number of nitrogens with zero attached hydrogens (tertiary/aromatic N) is 4. The van der Waals surface area contributed by atoms with Crippen molar-refractivity contribution in [1.82, 2.24) is 14.7 Å². The van der Waals surface area contributed by atoms with Crippen molar-refractivity contribution in [3.8, 4) is 0 Å². The molecule has 2 heterocycles. The number of anilines is 1. The van der Waals surface area contributed by atoms with Crippen molar-refractivity contribution < 1.29 is 14.4 Å². The Hall–Kier alpha value is -2.41. The van der Waals surface area contributed by atoms with Gasteiger partial charge in [0.05, 0.1) is 6.67 Å². The van der Waals surface area contributed by atoms with E-state index in [4.69, 9.17) is 0 Å². The van der Waals surface area contributed by atoms with E-state index in [0.29, 0.717) is 13.0 Å². The number of benzene rings is 1. The van der Waals surface area contributed by atoms with Crippen LogP contribution in [0.1, 0.15) is 13.3 Å². The zero-order chi connectivity index (χ0) is 17.1. The molecule has 2 saturated heterocycles. The second-order valence-corrected chi connectivity index (χ2v) is 6.05. The highest BCUT2D eigenvalue weighted by atomic mass is 16.2. The first-order valence-electron chi connectivity index (χ1n) is 8.31. The van der Waals surface area contributed by atoms with Gasteiger partial charge in [-0.05, 0) is 18.6 Å². The highest BCUT2D eigenvalue weighted by Gasteiger charge is 2.44. The molecule has 0 aliphatic carbocycles. The lowest BCUT2D eigenvalue weighted by atomic mass is 10.2. The van der Waals surface area contributed by atoms with Crippen LogP contribution in [-0.4, -0.2) is 71.9 Å². The van der Waals surface area contributed by atoms with Gasteiger partial charge in [-0.1, -0.05) is 25.1 Å². The molecular weight excluding hydrogens is 308 g/mol. The molecule has 0 atom stereocenters. The van der Waals surface area contributed by atoms with Crippen LogP contribution in [0.25, 0.3) is 0 Å². The molecule has 0 unspecified atom stereocenters. The van der Waals surface area contributed by atoms with E-state index in [-0.39, 0.29) is 6.67 Å². The first-order valence-corrected chi connectivity index (χ1v) is 8.31. The van der Waals surface area contributed by atoms with Crippen molar-refractivity contribution in [3.05, 3.63) is 30.3 Å². The number of piperazine rings is 1. The monoisotopic (exact) mass is 330 g/mol. The van der Waals surface area contributed by atoms with E-state index in [9.17, 15) is 14.4 Å². The number of para-hydroxylation sites is 1. The van der Waals surface area contributed by atoms with Crippen LogP contribution in [0.4, 0.5) is 10.5 Å². The molecule has 0 radical (unpaired) electrons. The summed E-state index contributed by atoms with van der Waals surface area (Å²) in [5.74, 6) is -1.41. The van der Waals surface area contributed by atoms with E-state index in [0.717, 1.165) is 36.0 Å². The second-order valence-electron chi connectivity index (χ2n) is 6.05. The summed E-state index contributed by atoms with van der Waals surface area (Å²) in [6.45, 7) is 5.49. The van der Waals surface area contributed by atoms with Crippen molar-refractivity contribution >= 4 is 23.5 Å². The largest absolute Gasteiger partial charge is 0.369 e. The van der Waals surface area contributed by atoms with E-state index in [2.05, 4.69) is 17.0 Å². The summed E-state index contributed by atoms with van der Waals surface area (Å²) in [4.78, 5) is 42.6. The highest BCUT2D eigenvalue weighted by Crippen LogP contribution is 2.17. The van der Waals surface area contributed by atoms with Crippen LogP contribution >= 0.6 is 0 Å². The Balaban J connectivity index is 1.57. The molecule has 2 aliphatic heterocycles. The number of amides is 4. The second kappa shape index (κ2) is 7.00. The first-order chi connectivity index (χ1) is 11.6. The van der Waals surface area contributed by atoms with E-state index >= 15 is 0 Å². The molecule has 0 N–H and O–H groups in total. The minimum absolute atomic E-state index is 0.187. The number of hydrogen-bond acceptors (Lipinski definition) is 5. The molecule has 7 heteroatoms. The summed E-state index contributed by atoms with van der Waals surface area (Å²) in [7, 11) is 0. The fourth-order valence-corrected chi connectivity index (χ4v) is 3.08. The van der Waals surface area contributed by atoms with Crippen molar-refractivity contribution in [2.75, 3.05) is 44.3 Å². The molecule has 4 amide bonds. The lowest BCUT2D eigenvalue weighted by molar-refractivity contribution is -0.144. The Bertz CT molecular complexity index is 626. The molecule has 2 fully saturated rings. The third-order valence-corrected chi connectivity index (χ3v) is 4.42. The van der Waals surface area contributed by atoms with Crippen LogP contribution in [-0.2, 0) is 9.59 Å². The number of imide groups is 2. The number of carbonyl (C=O) groups excluding carboxylic acids is 3. The van der Waals surface area contributed by atoms with Gasteiger partial charge in [0.2, 0.25) is 0 Å². The Kier molecular flexibility index (Phi) is 4.80. The fraction of sp³-hybridized carbons (Fsp3) is 0.471. The standard InChI is InChI=1S/C17H22N4O3/c1-2-8-20-15(22)16(23)21(17(20)24)13-18-9-11-19(12-10-18)14-6-4-3-5-7-14/h3-7H,2,8-13H2,1H3. The molecule has 2 aliphatic rings. The van der Waals surface area contributed by atoms with Crippen LogP contribution in [0, 0.1) is 0 Å². The molecule has 0 aromatic heterocycles. The molecule has 0 bridgehead atoms. The van der Waals surface area contributed by atoms with Gasteiger partial charge in [-0.25, -0.2) is 9.69 Å². The molecule has 1 aromatic carbocycles. The van der Waals surface area contributed by atoms with Crippen LogP contribution < -0.4 is 4.90 Å². The van der Waals surface area contributed by atoms with Gasteiger partial charge >= 0.3 is 17.8 Å². The minimum Gasteiger partial charge on any atom is -0.369 e. The molecule has 3 rings (SSSR count). The van der Waals surface area contributed by atoms with Gasteiger partial charge < -0.3 is 4.90 Å². The van der Waals surface area contributed by atoms with E-state index < -0.39 is 17.8 Å². The predicted octanol–water partition coefficient (Wildman–Crippen LogP) is 0.967. The number of hydrogen-bond donors (Lipinski definition) is 0. The van der Waals surface area contributed by atoms with Crippen molar-refractivity contribution in [3.63, 3.8) is 0 Å². The highest BCUT2D eigenvalue weighted by molar-refractivity contribution is 6.44. The maximum absolute atomic E-state index is 12.2. The molecule has 0 spiro atoms. The lowest BCUT2D eigenvalue weighted by Crippen LogP contribution is -2.51. The Morgan fingerprint density at radius 2 is 1.50 bits per heavy atom. The minimum atomic E-state index is -0.709. The van der Waals surface area contributed by atoms with Gasteiger partial charge in [0, 0.05) is 38.4 Å². The average molecular weight is 330 g/mol. The molecule has 1 aromatic rings. The summed E-state index contributed by atoms with van der Waals surface area (Å²) < 4.78 is 0. The zero-order valence-corrected chi connectivity index (χ0v) is 13.9. The predicted molar refractivity (Wildman–Crippen MR) is 89.3 cm³/mol. The molecule has 128 valence electrons. The topological polar surface area (TPSA) is 64.2 Å². The summed E-state index contributed by atoms with van der Waals surface area (Å²) >= 11 is 0. The van der Waals surface area contributed by atoms with Crippen molar-refractivity contribution in [2.24, 2.45) is 0 Å². The SMILES string of the molecule is CCCN1C(=O)C(=O)N(CN2CCN(c3ccccc3)CC2)C1=O. The molecule has 0 saturated carbocycles. The Morgan fingerprint density at radius 1 is 0.875 bits per heavy atom. The number of rotatable bonds is 5. The summed E-state index contributed by atoms with van der Waals surface area (Å²) in [6.07, 6.45) is 0.647. The van der Waals surface area contributed by atoms with Crippen molar-refractivity contribution in [1.29, 1.82) is 0 Å². The first kappa shape index (κ1) is 16.4. The Morgan fingerprint density at radius 3 is 2.12 bits per heavy atom. The van der Waals surface area contributed by atoms with E-state index in [1.165, 1.54) is 5.69 Å². The maximum atomic E-state index is 12.2. The molecule has 7 nitrogen and oxygen atoms in total. The third kappa shape index (κ3) is 3.12. The van der Waals surface area contributed by atoms with Gasteiger partial charge in [-0.2, -0.15) is 0 Å². The molecule has 24 heavy (non-hydrogen) atoms. The van der Waals surface area contributed by atoms with Gasteiger partial charge in [0.1, 0.15) is 0 Å². The summed E-state index contributed by atoms with van der Waals surface area (Å²) in [5, 5.41) is 0. The smallest absolute Gasteiger partial charge is 0.335 e. The normalized spacial score (nSPS) is 19.5. The maximum Gasteiger partial charge on any atom is 0.335 e. The zero-order valence-electron chi connectivity index (χ0n) is 13.9. The molecular formula is C17H22N4O3. The van der Waals surface area contributed by atoms with E-state index in [1.54, 1.807) is 0 Å². The lowest BCUT2D eigenvalue weighted by Gasteiger charge is -2.37. The van der Waals surface area contributed by atoms with Crippen LogP contribution in [0.15, 0.2) is 30.3 Å². The summed E-state index contributed by atoms with van der Waals surface area (Å²) in [6, 6.07) is 9.67. The van der Waals surface area contributed by atoms with Crippen LogP contribution in [0.2, 0.25) is 0 Å². The fourth-order valence-electron chi connectivity index (χ4n) is 3.08. The van der Waals surface area contributed by atoms with Crippen LogP contribution in [0.3, 0.4) is 0 Å². The van der Waals surface area contributed by atoms with Crippen molar-refractivity contribution in [2.45, 2.75) is 13.3 Å². The number of carbonyl (C=O) groups is 3. The Labute approximate surface area is 141 Å². The third-order valence-electron chi connectivity index (χ3n) is 4.42. The van der Waals surface area contributed by atoms with Gasteiger partial charge in [0.25, 0.3) is 0 Å². The van der Waals surface area contributed by atoms with Gasteiger partial charge in [0.15, 0.2) is 0 Å². The van der Waals surface area contributed by atoms with Gasteiger partial charge in [-0.15, -0.1) is 0 Å². The average Bonchev–Trinajstić information content (AvgIpc) is 2.81. The van der Waals surface area contributed by atoms with Crippen LogP contribution in [0.5, 0.6) is 0 Å². The quantitative estimate of drug-likeness (QED) is 0.594.